The SMILES string of the molecule is CCOC(=O)c1sc(S(C)(=O)=O)c(C#N)c1I. The molecule has 0 saturated heterocycles. The third kappa shape index (κ3) is 2.97. The Bertz CT molecular complexity index is 597. The van der Waals surface area contributed by atoms with Crippen molar-refractivity contribution in [2.75, 3.05) is 12.9 Å². The first-order valence-electron chi connectivity index (χ1n) is 4.42. The summed E-state index contributed by atoms with van der Waals surface area (Å²) in [5, 5.41) is 8.92. The Labute approximate surface area is 116 Å². The third-order valence-electron chi connectivity index (χ3n) is 1.73. The maximum atomic E-state index is 11.6. The summed E-state index contributed by atoms with van der Waals surface area (Å²) in [6.07, 6.45) is 1.00. The lowest BCUT2D eigenvalue weighted by Crippen LogP contribution is -2.03. The van der Waals surface area contributed by atoms with Crippen molar-refractivity contribution in [3.63, 3.8) is 0 Å². The highest BCUT2D eigenvalue weighted by Crippen LogP contribution is 2.33. The van der Waals surface area contributed by atoms with E-state index in [4.69, 9.17) is 10.00 Å². The van der Waals surface area contributed by atoms with Crippen molar-refractivity contribution in [1.82, 2.24) is 0 Å². The highest BCUT2D eigenvalue weighted by molar-refractivity contribution is 14.1. The largest absolute Gasteiger partial charge is 0.462 e. The number of hydrogen-bond acceptors (Lipinski definition) is 6. The van der Waals surface area contributed by atoms with Gasteiger partial charge in [-0.25, -0.2) is 13.2 Å². The number of ether oxygens (including phenoxy) is 1. The summed E-state index contributed by atoms with van der Waals surface area (Å²) in [6, 6.07) is 1.80. The minimum Gasteiger partial charge on any atom is -0.462 e. The Kier molecular flexibility index (Phi) is 4.51. The minimum atomic E-state index is -3.51. The molecule has 8 heteroatoms. The maximum Gasteiger partial charge on any atom is 0.349 e. The number of carbonyl (C=O) groups excluding carboxylic acids is 1. The van der Waals surface area contributed by atoms with Crippen LogP contribution in [0.1, 0.15) is 22.2 Å². The first-order chi connectivity index (χ1) is 7.82. The lowest BCUT2D eigenvalue weighted by molar-refractivity contribution is 0.0531. The first-order valence-corrected chi connectivity index (χ1v) is 8.21. The zero-order chi connectivity index (χ0) is 13.2. The molecule has 0 saturated carbocycles. The van der Waals surface area contributed by atoms with E-state index in [0.29, 0.717) is 3.57 Å². The van der Waals surface area contributed by atoms with E-state index in [1.807, 2.05) is 0 Å². The Morgan fingerprint density at radius 3 is 2.53 bits per heavy atom. The van der Waals surface area contributed by atoms with Crippen molar-refractivity contribution >= 4 is 49.7 Å². The number of rotatable bonds is 3. The van der Waals surface area contributed by atoms with Gasteiger partial charge in [-0.1, -0.05) is 0 Å². The van der Waals surface area contributed by atoms with Crippen LogP contribution in [0.25, 0.3) is 0 Å². The number of thiophene rings is 1. The zero-order valence-electron chi connectivity index (χ0n) is 8.98. The minimum absolute atomic E-state index is 0.0150. The summed E-state index contributed by atoms with van der Waals surface area (Å²) in [4.78, 5) is 11.7. The molecule has 0 fully saturated rings. The molecule has 1 aromatic rings. The van der Waals surface area contributed by atoms with Gasteiger partial charge in [0.2, 0.25) is 0 Å². The van der Waals surface area contributed by atoms with Crippen molar-refractivity contribution in [1.29, 1.82) is 5.26 Å². The fraction of sp³-hybridized carbons (Fsp3) is 0.333. The van der Waals surface area contributed by atoms with E-state index >= 15 is 0 Å². The van der Waals surface area contributed by atoms with Gasteiger partial charge in [0.25, 0.3) is 0 Å². The summed E-state index contributed by atoms with van der Waals surface area (Å²) < 4.78 is 28.0. The molecule has 0 N–H and O–H groups in total. The highest BCUT2D eigenvalue weighted by atomic mass is 127. The molecule has 0 aliphatic rings. The van der Waals surface area contributed by atoms with Gasteiger partial charge in [-0.3, -0.25) is 0 Å². The molecule has 17 heavy (non-hydrogen) atoms. The van der Waals surface area contributed by atoms with Crippen LogP contribution in [0.2, 0.25) is 0 Å². The number of halogens is 1. The number of carbonyl (C=O) groups is 1. The Hall–Kier alpha value is -0.660. The van der Waals surface area contributed by atoms with Crippen LogP contribution in [0.15, 0.2) is 4.21 Å². The molecule has 0 bridgehead atoms. The molecule has 0 atom stereocenters. The van der Waals surface area contributed by atoms with Crippen molar-refractivity contribution < 1.29 is 17.9 Å². The van der Waals surface area contributed by atoms with Crippen LogP contribution in [0.5, 0.6) is 0 Å². The standard InChI is InChI=1S/C9H8INO4S2/c1-3-15-8(12)7-6(10)5(4-11)9(16-7)17(2,13)14/h3H2,1-2H3. The molecule has 1 aromatic heterocycles. The number of nitrogens with zero attached hydrogens (tertiary/aromatic N) is 1. The van der Waals surface area contributed by atoms with Gasteiger partial charge in [0.15, 0.2) is 9.84 Å². The zero-order valence-corrected chi connectivity index (χ0v) is 12.8. The van der Waals surface area contributed by atoms with E-state index in [1.165, 1.54) is 0 Å². The van der Waals surface area contributed by atoms with Gasteiger partial charge in [-0.05, 0) is 29.5 Å². The molecule has 0 aliphatic carbocycles. The summed E-state index contributed by atoms with van der Waals surface area (Å²) in [6.45, 7) is 1.85. The first kappa shape index (κ1) is 14.4. The van der Waals surface area contributed by atoms with Gasteiger partial charge in [0.05, 0.1) is 15.7 Å². The summed E-state index contributed by atoms with van der Waals surface area (Å²) in [5.41, 5.74) is 0.0150. The number of hydrogen-bond donors (Lipinski definition) is 0. The molecule has 0 radical (unpaired) electrons. The molecule has 0 aromatic carbocycles. The van der Waals surface area contributed by atoms with Gasteiger partial charge >= 0.3 is 5.97 Å². The van der Waals surface area contributed by atoms with Crippen molar-refractivity contribution in [3.8, 4) is 6.07 Å². The van der Waals surface area contributed by atoms with Crippen molar-refractivity contribution in [2.24, 2.45) is 0 Å². The second-order valence-corrected chi connectivity index (χ2v) is 7.32. The molecule has 0 spiro atoms. The van der Waals surface area contributed by atoms with E-state index in [-0.39, 0.29) is 21.3 Å². The fourth-order valence-electron chi connectivity index (χ4n) is 1.08. The second kappa shape index (κ2) is 5.32. The van der Waals surface area contributed by atoms with E-state index < -0.39 is 15.8 Å². The lowest BCUT2D eigenvalue weighted by Gasteiger charge is -1.98. The molecule has 0 amide bonds. The summed E-state index contributed by atoms with van der Waals surface area (Å²) >= 11 is 2.55. The molecule has 0 unspecified atom stereocenters. The van der Waals surface area contributed by atoms with Crippen LogP contribution in [0.4, 0.5) is 0 Å². The van der Waals surface area contributed by atoms with Crippen LogP contribution in [-0.4, -0.2) is 27.2 Å². The average molecular weight is 385 g/mol. The van der Waals surface area contributed by atoms with Gasteiger partial charge in [-0.15, -0.1) is 11.3 Å². The van der Waals surface area contributed by atoms with Crippen LogP contribution in [-0.2, 0) is 14.6 Å². The molecular weight excluding hydrogens is 377 g/mol. The maximum absolute atomic E-state index is 11.6. The second-order valence-electron chi connectivity index (χ2n) is 3.01. The van der Waals surface area contributed by atoms with E-state index in [0.717, 1.165) is 17.6 Å². The Morgan fingerprint density at radius 2 is 2.18 bits per heavy atom. The normalized spacial score (nSPS) is 10.9. The van der Waals surface area contributed by atoms with E-state index in [1.54, 1.807) is 35.6 Å². The fourth-order valence-corrected chi connectivity index (χ4v) is 4.53. The predicted molar refractivity (Wildman–Crippen MR) is 70.8 cm³/mol. The highest BCUT2D eigenvalue weighted by Gasteiger charge is 2.26. The predicted octanol–water partition coefficient (Wildman–Crippen LogP) is 1.80. The smallest absolute Gasteiger partial charge is 0.349 e. The number of sulfone groups is 1. The van der Waals surface area contributed by atoms with Crippen LogP contribution in [0.3, 0.4) is 0 Å². The Morgan fingerprint density at radius 1 is 1.59 bits per heavy atom. The van der Waals surface area contributed by atoms with Crippen LogP contribution >= 0.6 is 33.9 Å². The van der Waals surface area contributed by atoms with E-state index in [2.05, 4.69) is 0 Å². The molecule has 5 nitrogen and oxygen atoms in total. The molecule has 92 valence electrons. The summed E-state index contributed by atoms with van der Waals surface area (Å²) in [5.74, 6) is -0.603. The monoisotopic (exact) mass is 385 g/mol. The topological polar surface area (TPSA) is 84.2 Å². The Balaban J connectivity index is 3.45. The number of nitriles is 1. The van der Waals surface area contributed by atoms with E-state index in [9.17, 15) is 13.2 Å². The van der Waals surface area contributed by atoms with Gasteiger partial charge in [0, 0.05) is 6.26 Å². The molecule has 0 aliphatic heterocycles. The van der Waals surface area contributed by atoms with Crippen LogP contribution in [0, 0.1) is 14.9 Å². The molecular formula is C9H8INO4S2. The van der Waals surface area contributed by atoms with Gasteiger partial charge in [-0.2, -0.15) is 5.26 Å². The van der Waals surface area contributed by atoms with Crippen LogP contribution < -0.4 is 0 Å². The summed E-state index contributed by atoms with van der Waals surface area (Å²) in [7, 11) is -3.51. The van der Waals surface area contributed by atoms with Gasteiger partial charge < -0.3 is 4.74 Å². The quantitative estimate of drug-likeness (QED) is 0.585. The molecule has 1 rings (SSSR count). The van der Waals surface area contributed by atoms with Gasteiger partial charge in [0.1, 0.15) is 15.2 Å². The lowest BCUT2D eigenvalue weighted by atomic mass is 10.3. The third-order valence-corrected chi connectivity index (χ3v) is 6.17. The number of esters is 1. The molecule has 1 heterocycles. The van der Waals surface area contributed by atoms with Crippen molar-refractivity contribution in [2.45, 2.75) is 11.1 Å². The average Bonchev–Trinajstić information content (AvgIpc) is 2.55. The van der Waals surface area contributed by atoms with Crippen molar-refractivity contribution in [3.05, 3.63) is 14.0 Å².